The number of aromatic nitrogens is 2. The summed E-state index contributed by atoms with van der Waals surface area (Å²) in [6.07, 6.45) is 4.44. The van der Waals surface area contributed by atoms with E-state index in [1.54, 1.807) is 12.0 Å². The van der Waals surface area contributed by atoms with Crippen molar-refractivity contribution in [3.63, 3.8) is 0 Å². The highest BCUT2D eigenvalue weighted by Gasteiger charge is 2.32. The number of piperidine rings is 2. The Bertz CT molecular complexity index is 1720. The summed E-state index contributed by atoms with van der Waals surface area (Å²) >= 11 is 0. The van der Waals surface area contributed by atoms with Crippen molar-refractivity contribution in [1.82, 2.24) is 20.2 Å². The molecule has 0 radical (unpaired) electrons. The van der Waals surface area contributed by atoms with E-state index in [0.717, 1.165) is 54.9 Å². The molecule has 2 aliphatic heterocycles. The van der Waals surface area contributed by atoms with Crippen molar-refractivity contribution in [2.45, 2.75) is 50.7 Å². The molecule has 6 rings (SSSR count). The first-order chi connectivity index (χ1) is 23.9. The maximum atomic E-state index is 15.8. The Balaban J connectivity index is 1.04. The van der Waals surface area contributed by atoms with Crippen molar-refractivity contribution in [1.29, 1.82) is 0 Å². The minimum atomic E-state index is -1.11. The molecule has 49 heavy (non-hydrogen) atoms. The highest BCUT2D eigenvalue weighted by molar-refractivity contribution is 5.85. The fourth-order valence-corrected chi connectivity index (χ4v) is 6.76. The predicted molar refractivity (Wildman–Crippen MR) is 187 cm³/mol. The molecule has 3 heterocycles. The van der Waals surface area contributed by atoms with Gasteiger partial charge in [0.2, 0.25) is 11.7 Å². The van der Waals surface area contributed by atoms with Gasteiger partial charge in [-0.05, 0) is 48.4 Å². The van der Waals surface area contributed by atoms with Gasteiger partial charge in [-0.2, -0.15) is 4.39 Å². The maximum Gasteiger partial charge on any atom is 0.326 e. The number of benzene rings is 3. The first kappa shape index (κ1) is 33.9. The molecule has 2 saturated heterocycles. The van der Waals surface area contributed by atoms with Gasteiger partial charge in [0.05, 0.1) is 13.0 Å². The summed E-state index contributed by atoms with van der Waals surface area (Å²) in [5.41, 5.74) is 3.94. The van der Waals surface area contributed by atoms with Gasteiger partial charge in [0.15, 0.2) is 11.6 Å². The fraction of sp³-hybridized carbons (Fsp3) is 0.368. The normalized spacial score (nSPS) is 17.7. The molecule has 256 valence electrons. The first-order valence-corrected chi connectivity index (χ1v) is 16.9. The van der Waals surface area contributed by atoms with Crippen LogP contribution in [-0.4, -0.2) is 77.2 Å². The number of aliphatic carboxylic acids is 1. The largest absolute Gasteiger partial charge is 0.496 e. The van der Waals surface area contributed by atoms with Gasteiger partial charge in [-0.3, -0.25) is 9.69 Å². The third kappa shape index (κ3) is 8.53. The second-order valence-electron chi connectivity index (χ2n) is 12.8. The van der Waals surface area contributed by atoms with Crippen LogP contribution in [0.5, 0.6) is 5.75 Å². The summed E-state index contributed by atoms with van der Waals surface area (Å²) in [4.78, 5) is 38.2. The Morgan fingerprint density at radius 3 is 2.41 bits per heavy atom. The molecule has 2 aliphatic rings. The van der Waals surface area contributed by atoms with Crippen molar-refractivity contribution in [2.24, 2.45) is 5.92 Å². The summed E-state index contributed by atoms with van der Waals surface area (Å²) in [5, 5.41) is 16.0. The molecule has 0 saturated carbocycles. The number of hydrogen-bond acceptors (Lipinski definition) is 8. The highest BCUT2D eigenvalue weighted by atomic mass is 19.1. The van der Waals surface area contributed by atoms with E-state index < -0.39 is 23.7 Å². The average molecular weight is 667 g/mol. The number of ether oxygens (including phenoxy) is 1. The minimum Gasteiger partial charge on any atom is -0.496 e. The predicted octanol–water partition coefficient (Wildman–Crippen LogP) is 5.40. The third-order valence-corrected chi connectivity index (χ3v) is 9.47. The van der Waals surface area contributed by atoms with E-state index in [1.807, 2.05) is 54.6 Å². The van der Waals surface area contributed by atoms with Crippen LogP contribution in [0.2, 0.25) is 0 Å². The topological polar surface area (TPSA) is 120 Å². The standard InChI is InChI=1S/C38H43FN6O4/c1-49-33-12-6-5-11-31(33)28-15-13-26(14-16-28)22-32(38(47)48)43-37(46)29-10-7-19-45(24-29)36-34(39)35(40-25-41-36)42-30-17-20-44(21-18-30)23-27-8-3-2-4-9-27/h2-6,8-9,11-16,25,29-30,32H,7,10,17-24H2,1H3,(H,43,46)(H,47,48)(H,40,41,42)/t29?,32-/m0/s1. The van der Waals surface area contributed by atoms with Crippen LogP contribution in [0.15, 0.2) is 85.2 Å². The lowest BCUT2D eigenvalue weighted by Gasteiger charge is -2.34. The SMILES string of the molecule is COc1ccccc1-c1ccc(C[C@H](NC(=O)C2CCCN(c3ncnc(NC4CCN(Cc5ccccc5)CC4)c3F)C2)C(=O)O)cc1. The van der Waals surface area contributed by atoms with Crippen LogP contribution in [0.4, 0.5) is 16.0 Å². The summed E-state index contributed by atoms with van der Waals surface area (Å²) in [5.74, 6) is -1.45. The zero-order valence-corrected chi connectivity index (χ0v) is 27.7. The van der Waals surface area contributed by atoms with Gasteiger partial charge in [0, 0.05) is 50.7 Å². The van der Waals surface area contributed by atoms with Crippen molar-refractivity contribution < 1.29 is 23.8 Å². The number of nitrogens with zero attached hydrogens (tertiary/aromatic N) is 4. The van der Waals surface area contributed by atoms with E-state index in [-0.39, 0.29) is 36.6 Å². The number of amides is 1. The number of rotatable bonds is 12. The molecule has 0 spiro atoms. The molecule has 1 amide bonds. The summed E-state index contributed by atoms with van der Waals surface area (Å²) in [6, 6.07) is 24.6. The molecule has 1 unspecified atom stereocenters. The van der Waals surface area contributed by atoms with Gasteiger partial charge in [-0.15, -0.1) is 0 Å². The lowest BCUT2D eigenvalue weighted by atomic mass is 9.95. The fourth-order valence-electron chi connectivity index (χ4n) is 6.76. The maximum absolute atomic E-state index is 15.8. The average Bonchev–Trinajstić information content (AvgIpc) is 3.13. The van der Waals surface area contributed by atoms with E-state index >= 15 is 4.39 Å². The molecule has 0 aliphatic carbocycles. The molecule has 2 atom stereocenters. The number of nitrogens with one attached hydrogen (secondary N) is 2. The van der Waals surface area contributed by atoms with Gasteiger partial charge < -0.3 is 25.4 Å². The van der Waals surface area contributed by atoms with E-state index in [9.17, 15) is 14.7 Å². The highest BCUT2D eigenvalue weighted by Crippen LogP contribution is 2.30. The van der Waals surface area contributed by atoms with Crippen LogP contribution in [0.1, 0.15) is 36.8 Å². The number of halogens is 1. The Labute approximate surface area is 286 Å². The summed E-state index contributed by atoms with van der Waals surface area (Å²) in [6.45, 7) is 3.47. The van der Waals surface area contributed by atoms with Crippen molar-refractivity contribution in [2.75, 3.05) is 43.5 Å². The van der Waals surface area contributed by atoms with Crippen LogP contribution in [0.25, 0.3) is 11.1 Å². The number of methoxy groups -OCH3 is 1. The van der Waals surface area contributed by atoms with Crippen LogP contribution in [0, 0.1) is 11.7 Å². The van der Waals surface area contributed by atoms with Crippen molar-refractivity contribution in [3.05, 3.63) is 102 Å². The second kappa shape index (κ2) is 15.9. The number of hydrogen-bond donors (Lipinski definition) is 3. The number of carbonyl (C=O) groups is 2. The second-order valence-corrected chi connectivity index (χ2v) is 12.8. The number of likely N-dealkylation sites (tertiary alicyclic amines) is 1. The molecule has 11 heteroatoms. The lowest BCUT2D eigenvalue weighted by molar-refractivity contribution is -0.142. The molecular formula is C38H43FN6O4. The number of carbonyl (C=O) groups excluding carboxylic acids is 1. The quantitative estimate of drug-likeness (QED) is 0.183. The molecular weight excluding hydrogens is 623 g/mol. The van der Waals surface area contributed by atoms with Gasteiger partial charge in [-0.25, -0.2) is 14.8 Å². The molecule has 4 aromatic rings. The van der Waals surface area contributed by atoms with Gasteiger partial charge in [0.1, 0.15) is 18.1 Å². The van der Waals surface area contributed by atoms with Gasteiger partial charge in [-0.1, -0.05) is 72.8 Å². The van der Waals surface area contributed by atoms with Gasteiger partial charge >= 0.3 is 5.97 Å². The number of carboxylic acids is 1. The number of carboxylic acid groups (broad SMARTS) is 1. The molecule has 10 nitrogen and oxygen atoms in total. The number of anilines is 2. The summed E-state index contributed by atoms with van der Waals surface area (Å²) < 4.78 is 21.3. The van der Waals surface area contributed by atoms with Crippen molar-refractivity contribution >= 4 is 23.5 Å². The molecule has 3 N–H and O–H groups in total. The zero-order valence-electron chi connectivity index (χ0n) is 27.7. The van der Waals surface area contributed by atoms with E-state index in [1.165, 1.54) is 11.9 Å². The Hall–Kier alpha value is -5.03. The smallest absolute Gasteiger partial charge is 0.326 e. The number of para-hydroxylation sites is 1. The van der Waals surface area contributed by atoms with Crippen LogP contribution in [0.3, 0.4) is 0 Å². The van der Waals surface area contributed by atoms with Crippen LogP contribution in [-0.2, 0) is 22.6 Å². The molecule has 2 fully saturated rings. The molecule has 3 aromatic carbocycles. The Morgan fingerprint density at radius 2 is 1.67 bits per heavy atom. The van der Waals surface area contributed by atoms with E-state index in [4.69, 9.17) is 4.74 Å². The van der Waals surface area contributed by atoms with Crippen LogP contribution < -0.4 is 20.3 Å². The first-order valence-electron chi connectivity index (χ1n) is 16.9. The van der Waals surface area contributed by atoms with E-state index in [2.05, 4.69) is 49.8 Å². The van der Waals surface area contributed by atoms with E-state index in [0.29, 0.717) is 19.4 Å². The summed E-state index contributed by atoms with van der Waals surface area (Å²) in [7, 11) is 1.62. The van der Waals surface area contributed by atoms with Gasteiger partial charge in [0.25, 0.3) is 0 Å². The van der Waals surface area contributed by atoms with Crippen LogP contribution >= 0.6 is 0 Å². The lowest BCUT2D eigenvalue weighted by Crippen LogP contribution is -2.49. The monoisotopic (exact) mass is 666 g/mol. The molecule has 1 aromatic heterocycles. The minimum absolute atomic E-state index is 0.0921. The Morgan fingerprint density at radius 1 is 0.939 bits per heavy atom. The third-order valence-electron chi connectivity index (χ3n) is 9.47. The Kier molecular flexibility index (Phi) is 11.0. The zero-order chi connectivity index (χ0) is 34.2. The van der Waals surface area contributed by atoms with Crippen molar-refractivity contribution in [3.8, 4) is 16.9 Å². The molecule has 0 bridgehead atoms.